The Morgan fingerprint density at radius 1 is 1.17 bits per heavy atom. The maximum absolute atomic E-state index is 12.6. The van der Waals surface area contributed by atoms with Gasteiger partial charge in [-0.1, -0.05) is 0 Å². The van der Waals surface area contributed by atoms with Crippen molar-refractivity contribution in [2.75, 3.05) is 30.8 Å². The van der Waals surface area contributed by atoms with Gasteiger partial charge in [-0.2, -0.15) is 8.42 Å². The van der Waals surface area contributed by atoms with Crippen molar-refractivity contribution < 1.29 is 17.4 Å². The number of anilines is 2. The summed E-state index contributed by atoms with van der Waals surface area (Å²) in [6.45, 7) is 1.52. The summed E-state index contributed by atoms with van der Waals surface area (Å²) >= 11 is 0. The number of nitrogens with zero attached hydrogens (tertiary/aromatic N) is 1. The van der Waals surface area contributed by atoms with Crippen LogP contribution in [-0.4, -0.2) is 44.4 Å². The van der Waals surface area contributed by atoms with Crippen LogP contribution < -0.4 is 20.1 Å². The van der Waals surface area contributed by atoms with Gasteiger partial charge in [0.25, 0.3) is 0 Å². The number of H-pyrrole nitrogens is 1. The molecule has 1 amide bonds. The summed E-state index contributed by atoms with van der Waals surface area (Å²) in [4.78, 5) is 19.2. The van der Waals surface area contributed by atoms with E-state index in [1.165, 1.54) is 24.3 Å². The van der Waals surface area contributed by atoms with Crippen molar-refractivity contribution in [2.45, 2.75) is 17.7 Å². The van der Waals surface area contributed by atoms with Crippen LogP contribution in [0.15, 0.2) is 47.4 Å². The number of likely N-dealkylation sites (N-methyl/N-ethyl adjacent to an activating group) is 1. The SMILES string of the molecule is CNCCNc1ccc(S(=O)(=O)Oc2ccc3[nH]c(NC(=O)C4CC4)nc3c2)cc1. The first-order valence-corrected chi connectivity index (χ1v) is 11.1. The van der Waals surface area contributed by atoms with Crippen molar-refractivity contribution in [3.63, 3.8) is 0 Å². The van der Waals surface area contributed by atoms with E-state index in [9.17, 15) is 13.2 Å². The Labute approximate surface area is 174 Å². The fourth-order valence-corrected chi connectivity index (χ4v) is 3.83. The van der Waals surface area contributed by atoms with Crippen LogP contribution in [-0.2, 0) is 14.9 Å². The van der Waals surface area contributed by atoms with Gasteiger partial charge < -0.3 is 19.8 Å². The zero-order valence-electron chi connectivity index (χ0n) is 16.4. The largest absolute Gasteiger partial charge is 0.384 e. The number of aromatic nitrogens is 2. The molecule has 30 heavy (non-hydrogen) atoms. The van der Waals surface area contributed by atoms with E-state index >= 15 is 0 Å². The van der Waals surface area contributed by atoms with Crippen LogP contribution in [0.3, 0.4) is 0 Å². The van der Waals surface area contributed by atoms with E-state index < -0.39 is 10.1 Å². The lowest BCUT2D eigenvalue weighted by Gasteiger charge is -2.09. The van der Waals surface area contributed by atoms with Crippen molar-refractivity contribution in [1.29, 1.82) is 0 Å². The normalized spacial score (nSPS) is 13.9. The molecule has 0 saturated heterocycles. The summed E-state index contributed by atoms with van der Waals surface area (Å²) in [6, 6.07) is 11.1. The molecule has 158 valence electrons. The first-order valence-electron chi connectivity index (χ1n) is 9.68. The maximum Gasteiger partial charge on any atom is 0.339 e. The van der Waals surface area contributed by atoms with E-state index in [4.69, 9.17) is 4.18 Å². The lowest BCUT2D eigenvalue weighted by atomic mass is 10.3. The third kappa shape index (κ3) is 4.71. The van der Waals surface area contributed by atoms with Crippen LogP contribution >= 0.6 is 0 Å². The number of imidazole rings is 1. The monoisotopic (exact) mass is 429 g/mol. The second-order valence-corrected chi connectivity index (χ2v) is 8.67. The van der Waals surface area contributed by atoms with Gasteiger partial charge in [-0.3, -0.25) is 10.1 Å². The van der Waals surface area contributed by atoms with Crippen molar-refractivity contribution in [3.8, 4) is 5.75 Å². The summed E-state index contributed by atoms with van der Waals surface area (Å²) in [7, 11) is -2.13. The first-order chi connectivity index (χ1) is 14.4. The minimum absolute atomic E-state index is 0.0566. The van der Waals surface area contributed by atoms with E-state index in [1.807, 2.05) is 7.05 Å². The molecule has 10 heteroatoms. The zero-order valence-corrected chi connectivity index (χ0v) is 17.3. The van der Waals surface area contributed by atoms with E-state index in [1.54, 1.807) is 18.2 Å². The summed E-state index contributed by atoms with van der Waals surface area (Å²) < 4.78 is 30.5. The zero-order chi connectivity index (χ0) is 21.1. The van der Waals surface area contributed by atoms with Gasteiger partial charge in [0.2, 0.25) is 11.9 Å². The number of hydrogen-bond donors (Lipinski definition) is 4. The molecular formula is C20H23N5O4S. The van der Waals surface area contributed by atoms with E-state index in [2.05, 4.69) is 25.9 Å². The Balaban J connectivity index is 1.46. The molecule has 4 rings (SSSR count). The lowest BCUT2D eigenvalue weighted by molar-refractivity contribution is -0.117. The average molecular weight is 430 g/mol. The summed E-state index contributed by atoms with van der Waals surface area (Å²) in [6.07, 6.45) is 1.80. The number of nitrogens with one attached hydrogen (secondary N) is 4. The fourth-order valence-electron chi connectivity index (χ4n) is 2.91. The molecule has 0 aliphatic heterocycles. The van der Waals surface area contributed by atoms with Gasteiger partial charge in [0.15, 0.2) is 0 Å². The second kappa shape index (κ2) is 8.33. The van der Waals surface area contributed by atoms with E-state index in [0.717, 1.165) is 31.6 Å². The average Bonchev–Trinajstić information content (AvgIpc) is 3.49. The second-order valence-electron chi connectivity index (χ2n) is 7.12. The number of hydrogen-bond acceptors (Lipinski definition) is 7. The highest BCUT2D eigenvalue weighted by Gasteiger charge is 2.30. The smallest absolute Gasteiger partial charge is 0.339 e. The molecule has 0 atom stereocenters. The van der Waals surface area contributed by atoms with Gasteiger partial charge >= 0.3 is 10.1 Å². The van der Waals surface area contributed by atoms with Crippen LogP contribution in [0, 0.1) is 5.92 Å². The molecule has 0 spiro atoms. The molecule has 1 heterocycles. The molecule has 1 aromatic heterocycles. The Kier molecular flexibility index (Phi) is 5.60. The third-order valence-corrected chi connectivity index (χ3v) is 5.96. The predicted octanol–water partition coefficient (Wildman–Crippen LogP) is 2.31. The molecule has 0 bridgehead atoms. The molecule has 3 aromatic rings. The molecule has 1 saturated carbocycles. The summed E-state index contributed by atoms with van der Waals surface area (Å²) in [5.74, 6) is 0.484. The maximum atomic E-state index is 12.6. The molecular weight excluding hydrogens is 406 g/mol. The Hall–Kier alpha value is -3.11. The predicted molar refractivity (Wildman–Crippen MR) is 114 cm³/mol. The van der Waals surface area contributed by atoms with Gasteiger partial charge in [-0.15, -0.1) is 0 Å². The van der Waals surface area contributed by atoms with Gasteiger partial charge in [0, 0.05) is 30.8 Å². The minimum atomic E-state index is -3.99. The minimum Gasteiger partial charge on any atom is -0.384 e. The Morgan fingerprint density at radius 2 is 1.93 bits per heavy atom. The number of benzene rings is 2. The number of amides is 1. The first kappa shape index (κ1) is 20.2. The fraction of sp³-hybridized carbons (Fsp3) is 0.300. The Bertz CT molecular complexity index is 1150. The number of fused-ring (bicyclic) bond motifs is 1. The van der Waals surface area contributed by atoms with E-state index in [-0.39, 0.29) is 22.5 Å². The lowest BCUT2D eigenvalue weighted by Crippen LogP contribution is -2.17. The highest BCUT2D eigenvalue weighted by atomic mass is 32.2. The highest BCUT2D eigenvalue weighted by Crippen LogP contribution is 2.30. The third-order valence-electron chi connectivity index (χ3n) is 4.70. The van der Waals surface area contributed by atoms with Crippen molar-refractivity contribution in [2.24, 2.45) is 5.92 Å². The van der Waals surface area contributed by atoms with Gasteiger partial charge in [0.1, 0.15) is 10.6 Å². The van der Waals surface area contributed by atoms with Crippen LogP contribution in [0.25, 0.3) is 11.0 Å². The molecule has 2 aromatic carbocycles. The van der Waals surface area contributed by atoms with Crippen LogP contribution in [0.5, 0.6) is 5.75 Å². The number of aromatic amines is 1. The molecule has 9 nitrogen and oxygen atoms in total. The van der Waals surface area contributed by atoms with Crippen molar-refractivity contribution in [3.05, 3.63) is 42.5 Å². The van der Waals surface area contributed by atoms with Crippen molar-refractivity contribution in [1.82, 2.24) is 15.3 Å². The van der Waals surface area contributed by atoms with Crippen molar-refractivity contribution >= 4 is 38.7 Å². The van der Waals surface area contributed by atoms with Gasteiger partial charge in [0.05, 0.1) is 11.0 Å². The van der Waals surface area contributed by atoms with E-state index in [0.29, 0.717) is 17.0 Å². The molecule has 0 radical (unpaired) electrons. The molecule has 1 aliphatic carbocycles. The van der Waals surface area contributed by atoms with Crippen LogP contribution in [0.4, 0.5) is 11.6 Å². The molecule has 1 aliphatic rings. The van der Waals surface area contributed by atoms with Crippen LogP contribution in [0.1, 0.15) is 12.8 Å². The summed E-state index contributed by atoms with van der Waals surface area (Å²) in [5.41, 5.74) is 1.99. The van der Waals surface area contributed by atoms with Crippen LogP contribution in [0.2, 0.25) is 0 Å². The topological polar surface area (TPSA) is 125 Å². The Morgan fingerprint density at radius 3 is 2.63 bits per heavy atom. The number of carbonyl (C=O) groups excluding carboxylic acids is 1. The number of carbonyl (C=O) groups is 1. The molecule has 4 N–H and O–H groups in total. The summed E-state index contributed by atoms with van der Waals surface area (Å²) in [5, 5.41) is 8.94. The van der Waals surface area contributed by atoms with Gasteiger partial charge in [-0.25, -0.2) is 4.98 Å². The molecule has 0 unspecified atom stereocenters. The van der Waals surface area contributed by atoms with Gasteiger partial charge in [-0.05, 0) is 56.3 Å². The highest BCUT2D eigenvalue weighted by molar-refractivity contribution is 7.87. The quantitative estimate of drug-likeness (QED) is 0.304. The molecule has 1 fully saturated rings. The standard InChI is InChI=1S/C20H23N5O4S/c1-21-10-11-22-14-4-7-16(8-5-14)30(27,28)29-15-6-9-17-18(12-15)24-20(23-17)25-19(26)13-2-3-13/h4-9,12-13,21-22H,2-3,10-11H2,1H3,(H2,23,24,25,26). The number of rotatable bonds is 9.